The first-order chi connectivity index (χ1) is 19.5. The number of likely N-dealkylation sites (tertiary alicyclic amines) is 1. The molecule has 2 aliphatic heterocycles. The summed E-state index contributed by atoms with van der Waals surface area (Å²) in [5, 5.41) is 14.2. The Morgan fingerprint density at radius 1 is 1.00 bits per heavy atom. The fraction of sp³-hybridized carbons (Fsp3) is 0.733. The summed E-state index contributed by atoms with van der Waals surface area (Å²) in [5.74, 6) is 0.615. The van der Waals surface area contributed by atoms with Gasteiger partial charge in [-0.15, -0.1) is 12.4 Å². The number of ether oxygens (including phenoxy) is 1. The molecule has 3 N–H and O–H groups in total. The predicted molar refractivity (Wildman–Crippen MR) is 166 cm³/mol. The molecule has 1 aromatic rings. The van der Waals surface area contributed by atoms with Crippen molar-refractivity contribution in [3.05, 3.63) is 24.3 Å². The predicted octanol–water partition coefficient (Wildman–Crippen LogP) is 3.69. The first kappa shape index (κ1) is 34.4. The number of hydrogen-bond acceptors (Lipinski definition) is 7. The first-order valence-electron chi connectivity index (χ1n) is 15.3. The molecular formula is C30H49ClN4O6S. The number of sulfonamides is 1. The van der Waals surface area contributed by atoms with Crippen molar-refractivity contribution < 1.29 is 27.9 Å². The van der Waals surface area contributed by atoms with Crippen LogP contribution in [-0.2, 0) is 19.6 Å². The van der Waals surface area contributed by atoms with E-state index in [0.717, 1.165) is 70.8 Å². The maximum atomic E-state index is 13.7. The molecule has 12 heteroatoms. The molecular weight excluding hydrogens is 580 g/mol. The van der Waals surface area contributed by atoms with E-state index in [1.807, 2.05) is 4.90 Å². The summed E-state index contributed by atoms with van der Waals surface area (Å²) >= 11 is 0. The molecule has 1 spiro atoms. The molecule has 2 saturated heterocycles. The van der Waals surface area contributed by atoms with E-state index in [-0.39, 0.29) is 24.2 Å². The quantitative estimate of drug-likeness (QED) is 0.284. The van der Waals surface area contributed by atoms with Crippen molar-refractivity contribution in [1.82, 2.24) is 15.1 Å². The minimum atomic E-state index is -3.30. The lowest BCUT2D eigenvalue weighted by molar-refractivity contribution is -0.163. The summed E-state index contributed by atoms with van der Waals surface area (Å²) in [5.41, 5.74) is -1.16. The number of benzene rings is 1. The number of rotatable bonds is 13. The number of carbonyl (C=O) groups is 2. The molecule has 10 nitrogen and oxygen atoms in total. The lowest BCUT2D eigenvalue weighted by Gasteiger charge is -2.52. The Bertz CT molecular complexity index is 1130. The Morgan fingerprint density at radius 3 is 2.29 bits per heavy atom. The van der Waals surface area contributed by atoms with Crippen molar-refractivity contribution in [2.24, 2.45) is 0 Å². The second kappa shape index (κ2) is 15.1. The number of anilines is 1. The van der Waals surface area contributed by atoms with Crippen LogP contribution in [-0.4, -0.2) is 91.4 Å². The average Bonchev–Trinajstić information content (AvgIpc) is 2.93. The molecule has 238 valence electrons. The van der Waals surface area contributed by atoms with Crippen LogP contribution in [0.3, 0.4) is 0 Å². The number of nitrogens with zero attached hydrogens (tertiary/aromatic N) is 2. The summed E-state index contributed by atoms with van der Waals surface area (Å²) in [7, 11) is -3.30. The van der Waals surface area contributed by atoms with Gasteiger partial charge in [0.1, 0.15) is 17.3 Å². The maximum Gasteiger partial charge on any atom is 0.246 e. The van der Waals surface area contributed by atoms with E-state index >= 15 is 0 Å². The van der Waals surface area contributed by atoms with Gasteiger partial charge in [0.25, 0.3) is 0 Å². The van der Waals surface area contributed by atoms with Crippen LogP contribution in [0.4, 0.5) is 5.69 Å². The smallest absolute Gasteiger partial charge is 0.246 e. The highest BCUT2D eigenvalue weighted by molar-refractivity contribution is 7.92. The molecule has 1 atom stereocenters. The van der Waals surface area contributed by atoms with Crippen LogP contribution in [0.25, 0.3) is 0 Å². The normalized spacial score (nSPS) is 22.4. The molecule has 4 rings (SSSR count). The largest absolute Gasteiger partial charge is 0.494 e. The van der Waals surface area contributed by atoms with Crippen LogP contribution >= 0.6 is 12.4 Å². The van der Waals surface area contributed by atoms with Gasteiger partial charge in [0.2, 0.25) is 21.8 Å². The third kappa shape index (κ3) is 8.97. The number of piperidine rings is 1. The van der Waals surface area contributed by atoms with Crippen molar-refractivity contribution in [2.75, 3.05) is 43.8 Å². The summed E-state index contributed by atoms with van der Waals surface area (Å²) in [6, 6.07) is 6.21. The zero-order valence-corrected chi connectivity index (χ0v) is 26.7. The van der Waals surface area contributed by atoms with Gasteiger partial charge in [-0.1, -0.05) is 32.6 Å². The van der Waals surface area contributed by atoms with Crippen LogP contribution in [0, 0.1) is 0 Å². The van der Waals surface area contributed by atoms with Gasteiger partial charge < -0.3 is 25.0 Å². The fourth-order valence-corrected chi connectivity index (χ4v) is 7.12. The topological polar surface area (TPSA) is 128 Å². The molecule has 0 bridgehead atoms. The van der Waals surface area contributed by atoms with Crippen LogP contribution in [0.1, 0.15) is 84.0 Å². The Balaban J connectivity index is 0.00000484. The van der Waals surface area contributed by atoms with E-state index in [1.54, 1.807) is 24.3 Å². The average molecular weight is 629 g/mol. The van der Waals surface area contributed by atoms with Gasteiger partial charge in [-0.05, 0) is 75.8 Å². The second-order valence-electron chi connectivity index (χ2n) is 12.2. The first-order valence-corrected chi connectivity index (χ1v) is 17.2. The fourth-order valence-electron chi connectivity index (χ4n) is 6.55. The molecule has 1 saturated carbocycles. The van der Waals surface area contributed by atoms with Crippen LogP contribution in [0.5, 0.6) is 5.75 Å². The summed E-state index contributed by atoms with van der Waals surface area (Å²) in [6.07, 6.45) is 10.7. The van der Waals surface area contributed by atoms with Gasteiger partial charge >= 0.3 is 0 Å². The highest BCUT2D eigenvalue weighted by Gasteiger charge is 2.54. The molecule has 1 aromatic carbocycles. The number of hydrogen-bond donors (Lipinski definition) is 3. The molecule has 2 amide bonds. The number of piperazine rings is 1. The van der Waals surface area contributed by atoms with E-state index < -0.39 is 27.2 Å². The Morgan fingerprint density at radius 2 is 1.67 bits per heavy atom. The van der Waals surface area contributed by atoms with Gasteiger partial charge in [-0.2, -0.15) is 0 Å². The summed E-state index contributed by atoms with van der Waals surface area (Å²) < 4.78 is 30.9. The minimum absolute atomic E-state index is 0. The number of carbonyl (C=O) groups excluding carboxylic acids is 2. The molecule has 3 aliphatic rings. The van der Waals surface area contributed by atoms with E-state index in [4.69, 9.17) is 4.74 Å². The van der Waals surface area contributed by atoms with Gasteiger partial charge in [-0.25, -0.2) is 8.42 Å². The Kier molecular flexibility index (Phi) is 12.4. The van der Waals surface area contributed by atoms with E-state index in [9.17, 15) is 23.1 Å². The van der Waals surface area contributed by atoms with Crippen LogP contribution < -0.4 is 14.8 Å². The molecule has 3 fully saturated rings. The number of halogens is 1. The van der Waals surface area contributed by atoms with Crippen LogP contribution in [0.15, 0.2) is 24.3 Å². The molecule has 0 aromatic heterocycles. The van der Waals surface area contributed by atoms with Crippen molar-refractivity contribution in [3.63, 3.8) is 0 Å². The highest BCUT2D eigenvalue weighted by atomic mass is 35.5. The van der Waals surface area contributed by atoms with Gasteiger partial charge in [0.05, 0.1) is 18.5 Å². The van der Waals surface area contributed by atoms with E-state index in [2.05, 4.69) is 21.9 Å². The van der Waals surface area contributed by atoms with Gasteiger partial charge in [0.15, 0.2) is 0 Å². The summed E-state index contributed by atoms with van der Waals surface area (Å²) in [6.45, 7) is 5.66. The SMILES string of the molecule is CCCCN1C(=O)[C@@H](CC2(O)CCCCC2)NC(=O)C12CCN(CCCCOc1ccc(NS(C)(=O)=O)cc1)CC2.Cl. The van der Waals surface area contributed by atoms with Crippen molar-refractivity contribution in [1.29, 1.82) is 0 Å². The highest BCUT2D eigenvalue weighted by Crippen LogP contribution is 2.37. The standard InChI is InChI=1S/C30H48N4O6S.ClH/c1-3-4-19-34-27(35)26(23-29(37)14-6-5-7-15-29)31-28(36)30(34)16-20-33(21-17-30)18-8-9-22-40-25-12-10-24(11-13-25)32-41(2,38)39;/h10-13,26,32,37H,3-9,14-23H2,1-2H3,(H,31,36);1H/t26-;/m1./s1. The maximum absolute atomic E-state index is 13.7. The number of nitrogens with one attached hydrogen (secondary N) is 2. The lowest BCUT2D eigenvalue weighted by atomic mass is 9.77. The number of amides is 2. The zero-order valence-electron chi connectivity index (χ0n) is 25.1. The number of aliphatic hydroxyl groups is 1. The molecule has 1 aliphatic carbocycles. The van der Waals surface area contributed by atoms with E-state index in [1.165, 1.54) is 0 Å². The molecule has 0 radical (unpaired) electrons. The molecule has 0 unspecified atom stereocenters. The van der Waals surface area contributed by atoms with Crippen molar-refractivity contribution in [3.8, 4) is 5.75 Å². The minimum Gasteiger partial charge on any atom is -0.494 e. The zero-order chi connectivity index (χ0) is 29.5. The Hall–Kier alpha value is -2.08. The number of unbranched alkanes of at least 4 members (excludes halogenated alkanes) is 2. The Labute approximate surface area is 257 Å². The van der Waals surface area contributed by atoms with Crippen molar-refractivity contribution >= 4 is 39.9 Å². The van der Waals surface area contributed by atoms with Gasteiger partial charge in [-0.3, -0.25) is 14.3 Å². The molecule has 42 heavy (non-hydrogen) atoms. The third-order valence-corrected chi connectivity index (χ3v) is 9.50. The van der Waals surface area contributed by atoms with E-state index in [0.29, 0.717) is 56.7 Å². The molecule has 2 heterocycles. The van der Waals surface area contributed by atoms with Gasteiger partial charge in [0, 0.05) is 31.7 Å². The monoisotopic (exact) mass is 628 g/mol. The summed E-state index contributed by atoms with van der Waals surface area (Å²) in [4.78, 5) is 31.6. The second-order valence-corrected chi connectivity index (χ2v) is 13.9. The van der Waals surface area contributed by atoms with Crippen molar-refractivity contribution in [2.45, 2.75) is 101 Å². The van der Waals surface area contributed by atoms with Crippen LogP contribution in [0.2, 0.25) is 0 Å². The third-order valence-electron chi connectivity index (χ3n) is 8.89. The lowest BCUT2D eigenvalue weighted by Crippen LogP contribution is -2.73.